The number of amides is 1. The van der Waals surface area contributed by atoms with E-state index in [1.54, 1.807) is 0 Å². The van der Waals surface area contributed by atoms with E-state index < -0.39 is 5.91 Å². The highest BCUT2D eigenvalue weighted by Gasteiger charge is 2.16. The molecule has 0 unspecified atom stereocenters. The van der Waals surface area contributed by atoms with E-state index >= 15 is 0 Å². The fraction of sp³-hybridized carbons (Fsp3) is 0.273. The number of carbonyl (C=O) groups is 1. The minimum absolute atomic E-state index is 0.0481. The minimum Gasteiger partial charge on any atom is -0.351 e. The van der Waals surface area contributed by atoms with Crippen LogP contribution in [-0.2, 0) is 6.42 Å². The van der Waals surface area contributed by atoms with E-state index in [1.165, 1.54) is 12.5 Å². The lowest BCUT2D eigenvalue weighted by Crippen LogP contribution is -2.26. The molecule has 2 heterocycles. The van der Waals surface area contributed by atoms with Crippen LogP contribution in [0.5, 0.6) is 0 Å². The molecule has 0 aliphatic rings. The van der Waals surface area contributed by atoms with Crippen molar-refractivity contribution in [2.24, 2.45) is 0 Å². The Morgan fingerprint density at radius 3 is 2.75 bits per heavy atom. The van der Waals surface area contributed by atoms with Gasteiger partial charge in [0.25, 0.3) is 5.91 Å². The summed E-state index contributed by atoms with van der Waals surface area (Å²) in [5, 5.41) is 9.55. The van der Waals surface area contributed by atoms with E-state index in [2.05, 4.69) is 25.5 Å². The SMILES string of the molecule is O=C(NCCCc1ncn[nH]1)c1ncc(Cl)c(Cl)c1Cl. The summed E-state index contributed by atoms with van der Waals surface area (Å²) in [5.41, 5.74) is 0.0562. The van der Waals surface area contributed by atoms with Crippen molar-refractivity contribution in [1.29, 1.82) is 0 Å². The Kier molecular flexibility index (Phi) is 5.17. The second-order valence-corrected chi connectivity index (χ2v) is 5.04. The first-order chi connectivity index (χ1) is 9.59. The highest BCUT2D eigenvalue weighted by atomic mass is 35.5. The largest absolute Gasteiger partial charge is 0.351 e. The summed E-state index contributed by atoms with van der Waals surface area (Å²) < 4.78 is 0. The molecule has 0 fully saturated rings. The van der Waals surface area contributed by atoms with Gasteiger partial charge in [0.1, 0.15) is 17.8 Å². The highest BCUT2D eigenvalue weighted by molar-refractivity contribution is 6.48. The van der Waals surface area contributed by atoms with Gasteiger partial charge in [-0.1, -0.05) is 34.8 Å². The van der Waals surface area contributed by atoms with Gasteiger partial charge in [-0.25, -0.2) is 9.97 Å². The third-order valence-electron chi connectivity index (χ3n) is 2.47. The number of hydrogen-bond acceptors (Lipinski definition) is 4. The van der Waals surface area contributed by atoms with Crippen molar-refractivity contribution in [1.82, 2.24) is 25.5 Å². The molecule has 0 aromatic carbocycles. The van der Waals surface area contributed by atoms with Crippen LogP contribution < -0.4 is 5.32 Å². The lowest BCUT2D eigenvalue weighted by molar-refractivity contribution is 0.0948. The van der Waals surface area contributed by atoms with Gasteiger partial charge in [0, 0.05) is 19.2 Å². The fourth-order valence-electron chi connectivity index (χ4n) is 1.49. The van der Waals surface area contributed by atoms with Crippen LogP contribution in [0.15, 0.2) is 12.5 Å². The topological polar surface area (TPSA) is 83.6 Å². The van der Waals surface area contributed by atoms with Gasteiger partial charge in [-0.15, -0.1) is 0 Å². The molecular formula is C11H10Cl3N5O. The number of aromatic amines is 1. The maximum absolute atomic E-state index is 11.9. The van der Waals surface area contributed by atoms with E-state index in [0.29, 0.717) is 19.4 Å². The van der Waals surface area contributed by atoms with Crippen molar-refractivity contribution in [3.63, 3.8) is 0 Å². The molecule has 0 atom stereocenters. The number of aryl methyl sites for hydroxylation is 1. The summed E-state index contributed by atoms with van der Waals surface area (Å²) in [6, 6.07) is 0. The van der Waals surface area contributed by atoms with Crippen LogP contribution in [0.1, 0.15) is 22.7 Å². The van der Waals surface area contributed by atoms with Gasteiger partial charge in [-0.05, 0) is 6.42 Å². The lowest BCUT2D eigenvalue weighted by Gasteiger charge is -2.07. The van der Waals surface area contributed by atoms with Gasteiger partial charge < -0.3 is 5.32 Å². The molecule has 1 amide bonds. The molecule has 0 bridgehead atoms. The number of hydrogen-bond donors (Lipinski definition) is 2. The molecule has 0 saturated carbocycles. The Hall–Kier alpha value is -1.37. The monoisotopic (exact) mass is 333 g/mol. The van der Waals surface area contributed by atoms with E-state index in [-0.39, 0.29) is 20.8 Å². The molecule has 2 rings (SSSR count). The maximum atomic E-state index is 11.9. The van der Waals surface area contributed by atoms with Crippen molar-refractivity contribution < 1.29 is 4.79 Å². The smallest absolute Gasteiger partial charge is 0.271 e. The lowest BCUT2D eigenvalue weighted by atomic mass is 10.3. The van der Waals surface area contributed by atoms with Crippen LogP contribution in [0.2, 0.25) is 15.1 Å². The molecular weight excluding hydrogens is 325 g/mol. The van der Waals surface area contributed by atoms with E-state index in [4.69, 9.17) is 34.8 Å². The fourth-order valence-corrected chi connectivity index (χ4v) is 2.06. The Bertz CT molecular complexity index is 602. The summed E-state index contributed by atoms with van der Waals surface area (Å²) in [5.74, 6) is 0.371. The van der Waals surface area contributed by atoms with E-state index in [1.807, 2.05) is 0 Å². The Balaban J connectivity index is 1.87. The molecule has 20 heavy (non-hydrogen) atoms. The van der Waals surface area contributed by atoms with Crippen LogP contribution in [0, 0.1) is 0 Å². The van der Waals surface area contributed by atoms with Crippen molar-refractivity contribution in [3.05, 3.63) is 39.1 Å². The van der Waals surface area contributed by atoms with Crippen LogP contribution in [0.25, 0.3) is 0 Å². The van der Waals surface area contributed by atoms with Gasteiger partial charge in [0.05, 0.1) is 15.1 Å². The van der Waals surface area contributed by atoms with Crippen molar-refractivity contribution in [2.75, 3.05) is 6.54 Å². The molecule has 0 aliphatic carbocycles. The number of rotatable bonds is 5. The van der Waals surface area contributed by atoms with Crippen molar-refractivity contribution in [3.8, 4) is 0 Å². The zero-order valence-electron chi connectivity index (χ0n) is 10.2. The van der Waals surface area contributed by atoms with Gasteiger partial charge >= 0.3 is 0 Å². The Morgan fingerprint density at radius 1 is 1.25 bits per heavy atom. The standard InChI is InChI=1S/C11H10Cl3N5O/c12-6-4-16-10(9(14)8(6)13)11(20)15-3-1-2-7-17-5-18-19-7/h4-5H,1-3H2,(H,15,20)(H,17,18,19). The normalized spacial score (nSPS) is 10.6. The second kappa shape index (κ2) is 6.88. The molecule has 2 aromatic heterocycles. The zero-order valence-corrected chi connectivity index (χ0v) is 12.4. The van der Waals surface area contributed by atoms with Crippen LogP contribution in [0.4, 0.5) is 0 Å². The predicted molar refractivity (Wildman–Crippen MR) is 76.3 cm³/mol. The van der Waals surface area contributed by atoms with E-state index in [9.17, 15) is 4.79 Å². The van der Waals surface area contributed by atoms with Crippen LogP contribution >= 0.6 is 34.8 Å². The summed E-state index contributed by atoms with van der Waals surface area (Å²) in [6.07, 6.45) is 4.12. The van der Waals surface area contributed by atoms with E-state index in [0.717, 1.165) is 5.82 Å². The van der Waals surface area contributed by atoms with Gasteiger partial charge in [-0.2, -0.15) is 5.10 Å². The molecule has 0 radical (unpaired) electrons. The molecule has 9 heteroatoms. The van der Waals surface area contributed by atoms with Crippen molar-refractivity contribution >= 4 is 40.7 Å². The average molecular weight is 335 g/mol. The molecule has 0 aliphatic heterocycles. The molecule has 2 aromatic rings. The van der Waals surface area contributed by atoms with Gasteiger partial charge in [0.2, 0.25) is 0 Å². The van der Waals surface area contributed by atoms with Crippen LogP contribution in [0.3, 0.4) is 0 Å². The Labute approximate surface area is 129 Å². The first kappa shape index (κ1) is 15.0. The molecule has 6 nitrogen and oxygen atoms in total. The van der Waals surface area contributed by atoms with Gasteiger partial charge in [-0.3, -0.25) is 9.89 Å². The van der Waals surface area contributed by atoms with Crippen molar-refractivity contribution in [2.45, 2.75) is 12.8 Å². The summed E-state index contributed by atoms with van der Waals surface area (Å²) in [7, 11) is 0. The first-order valence-electron chi connectivity index (χ1n) is 5.71. The number of pyridine rings is 1. The molecule has 0 saturated heterocycles. The van der Waals surface area contributed by atoms with Crippen LogP contribution in [-0.4, -0.2) is 32.6 Å². The summed E-state index contributed by atoms with van der Waals surface area (Å²) in [6.45, 7) is 0.456. The molecule has 0 spiro atoms. The number of carbonyl (C=O) groups excluding carboxylic acids is 1. The van der Waals surface area contributed by atoms with Gasteiger partial charge in [0.15, 0.2) is 0 Å². The maximum Gasteiger partial charge on any atom is 0.271 e. The molecule has 2 N–H and O–H groups in total. The minimum atomic E-state index is -0.397. The molecule has 106 valence electrons. The Morgan fingerprint density at radius 2 is 2.05 bits per heavy atom. The average Bonchev–Trinajstić information content (AvgIpc) is 2.94. The quantitative estimate of drug-likeness (QED) is 0.823. The third kappa shape index (κ3) is 3.59. The summed E-state index contributed by atoms with van der Waals surface area (Å²) in [4.78, 5) is 19.8. The number of halogens is 3. The first-order valence-corrected chi connectivity index (χ1v) is 6.85. The number of nitrogens with one attached hydrogen (secondary N) is 2. The number of H-pyrrole nitrogens is 1. The second-order valence-electron chi connectivity index (χ2n) is 3.87. The summed E-state index contributed by atoms with van der Waals surface area (Å²) >= 11 is 17.5. The highest BCUT2D eigenvalue weighted by Crippen LogP contribution is 2.30. The number of nitrogens with zero attached hydrogens (tertiary/aromatic N) is 3. The zero-order chi connectivity index (χ0) is 14.5. The third-order valence-corrected chi connectivity index (χ3v) is 3.71. The number of aromatic nitrogens is 4. The predicted octanol–water partition coefficient (Wildman–Crippen LogP) is 2.52.